The molecule has 0 bridgehead atoms. The molecule has 0 saturated heterocycles. The molecule has 0 radical (unpaired) electrons. The molecule has 0 aliphatic carbocycles. The monoisotopic (exact) mass is 384 g/mol. The molecule has 2 aromatic carbocycles. The average Bonchev–Trinajstić information content (AvgIpc) is 3.26. The van der Waals surface area contributed by atoms with Crippen molar-refractivity contribution in [3.63, 3.8) is 0 Å². The lowest BCUT2D eigenvalue weighted by molar-refractivity contribution is -0.142. The van der Waals surface area contributed by atoms with E-state index in [1.54, 1.807) is 48.5 Å². The van der Waals surface area contributed by atoms with Gasteiger partial charge in [0.1, 0.15) is 5.52 Å². The van der Waals surface area contributed by atoms with E-state index >= 15 is 0 Å². The summed E-state index contributed by atoms with van der Waals surface area (Å²) in [7, 11) is 0. The van der Waals surface area contributed by atoms with Crippen LogP contribution in [0.25, 0.3) is 11.0 Å². The summed E-state index contributed by atoms with van der Waals surface area (Å²) in [6, 6.07) is 13.8. The van der Waals surface area contributed by atoms with E-state index in [4.69, 9.17) is 16.4 Å². The van der Waals surface area contributed by atoms with Crippen LogP contribution < -0.4 is 0 Å². The fourth-order valence-corrected chi connectivity index (χ4v) is 3.30. The Hall–Kier alpha value is -3.26. The standard InChI is InChI=1S/C18H13ClN4O4/c19-12-6-2-1-5-11(12)14-9-18(27-21-14,10-16(24)25)17(26)23-15-8-4-3-7-13(15)20-22-23/h1-8H,9-10H2,(H,24,25). The van der Waals surface area contributed by atoms with Gasteiger partial charge < -0.3 is 9.94 Å². The van der Waals surface area contributed by atoms with E-state index in [-0.39, 0.29) is 6.42 Å². The summed E-state index contributed by atoms with van der Waals surface area (Å²) in [5, 5.41) is 21.6. The maximum atomic E-state index is 13.2. The molecule has 0 fully saturated rings. The van der Waals surface area contributed by atoms with E-state index in [9.17, 15) is 14.7 Å². The molecule has 1 aliphatic rings. The topological polar surface area (TPSA) is 107 Å². The summed E-state index contributed by atoms with van der Waals surface area (Å²) >= 11 is 6.20. The molecule has 4 rings (SSSR count). The van der Waals surface area contributed by atoms with Gasteiger partial charge in [-0.2, -0.15) is 4.68 Å². The number of oxime groups is 1. The normalized spacial score (nSPS) is 18.9. The molecule has 1 N–H and O–H groups in total. The van der Waals surface area contributed by atoms with Gasteiger partial charge in [0, 0.05) is 17.0 Å². The Morgan fingerprint density at radius 1 is 1.19 bits per heavy atom. The van der Waals surface area contributed by atoms with E-state index in [0.29, 0.717) is 27.3 Å². The molecule has 27 heavy (non-hydrogen) atoms. The first-order valence-electron chi connectivity index (χ1n) is 8.07. The zero-order chi connectivity index (χ0) is 19.0. The smallest absolute Gasteiger partial charge is 0.308 e. The first kappa shape index (κ1) is 17.2. The number of aliphatic carboxylic acids is 1. The molecular formula is C18H13ClN4O4. The van der Waals surface area contributed by atoms with Crippen molar-refractivity contribution in [3.05, 3.63) is 59.1 Å². The predicted octanol–water partition coefficient (Wildman–Crippen LogP) is 2.76. The molecule has 136 valence electrons. The quantitative estimate of drug-likeness (QED) is 0.741. The van der Waals surface area contributed by atoms with Crippen molar-refractivity contribution in [1.29, 1.82) is 0 Å². The fraction of sp³-hybridized carbons (Fsp3) is 0.167. The fourth-order valence-electron chi connectivity index (χ4n) is 3.06. The minimum absolute atomic E-state index is 0.0456. The summed E-state index contributed by atoms with van der Waals surface area (Å²) in [6.45, 7) is 0. The van der Waals surface area contributed by atoms with Crippen LogP contribution in [-0.4, -0.2) is 43.3 Å². The van der Waals surface area contributed by atoms with Gasteiger partial charge in [-0.3, -0.25) is 9.59 Å². The highest BCUT2D eigenvalue weighted by Gasteiger charge is 2.50. The van der Waals surface area contributed by atoms with E-state index in [1.165, 1.54) is 0 Å². The maximum Gasteiger partial charge on any atom is 0.308 e. The minimum atomic E-state index is -1.73. The zero-order valence-electron chi connectivity index (χ0n) is 13.9. The third-order valence-corrected chi connectivity index (χ3v) is 4.67. The minimum Gasteiger partial charge on any atom is -0.481 e. The molecule has 3 aromatic rings. The maximum absolute atomic E-state index is 13.2. The van der Waals surface area contributed by atoms with Crippen LogP contribution in [0.1, 0.15) is 23.2 Å². The number of halogens is 1. The van der Waals surface area contributed by atoms with Crippen LogP contribution in [0.3, 0.4) is 0 Å². The number of hydrogen-bond donors (Lipinski definition) is 1. The summed E-state index contributed by atoms with van der Waals surface area (Å²) in [6.07, 6.45) is -0.618. The van der Waals surface area contributed by atoms with Crippen molar-refractivity contribution < 1.29 is 19.5 Å². The second-order valence-corrected chi connectivity index (χ2v) is 6.55. The Bertz CT molecular complexity index is 1090. The van der Waals surface area contributed by atoms with Crippen LogP contribution in [0, 0.1) is 0 Å². The Labute approximate surface area is 158 Å². The van der Waals surface area contributed by atoms with E-state index < -0.39 is 23.9 Å². The molecule has 0 amide bonds. The Morgan fingerprint density at radius 3 is 2.70 bits per heavy atom. The highest BCUT2D eigenvalue weighted by Crippen LogP contribution is 2.34. The molecule has 9 heteroatoms. The van der Waals surface area contributed by atoms with Gasteiger partial charge in [-0.05, 0) is 18.2 Å². The number of nitrogens with zero attached hydrogens (tertiary/aromatic N) is 4. The number of fused-ring (bicyclic) bond motifs is 1. The molecule has 1 unspecified atom stereocenters. The van der Waals surface area contributed by atoms with Crippen LogP contribution in [0.5, 0.6) is 0 Å². The van der Waals surface area contributed by atoms with Crippen LogP contribution in [-0.2, 0) is 9.63 Å². The van der Waals surface area contributed by atoms with Crippen molar-refractivity contribution >= 4 is 40.2 Å². The second-order valence-electron chi connectivity index (χ2n) is 6.15. The van der Waals surface area contributed by atoms with Gasteiger partial charge in [-0.1, -0.05) is 52.3 Å². The molecule has 0 saturated carbocycles. The first-order valence-corrected chi connectivity index (χ1v) is 8.45. The van der Waals surface area contributed by atoms with Crippen LogP contribution in [0.2, 0.25) is 5.02 Å². The van der Waals surface area contributed by atoms with E-state index in [1.807, 2.05) is 0 Å². The molecule has 1 aliphatic heterocycles. The average molecular weight is 385 g/mol. The van der Waals surface area contributed by atoms with Crippen LogP contribution in [0.4, 0.5) is 0 Å². The lowest BCUT2D eigenvalue weighted by atomic mass is 9.90. The highest BCUT2D eigenvalue weighted by atomic mass is 35.5. The number of aromatic nitrogens is 3. The largest absolute Gasteiger partial charge is 0.481 e. The third kappa shape index (κ3) is 2.93. The first-order chi connectivity index (χ1) is 13.0. The Morgan fingerprint density at radius 2 is 1.93 bits per heavy atom. The van der Waals surface area contributed by atoms with E-state index in [0.717, 1.165) is 4.68 Å². The van der Waals surface area contributed by atoms with Crippen LogP contribution in [0.15, 0.2) is 53.7 Å². The lowest BCUT2D eigenvalue weighted by Crippen LogP contribution is -2.45. The van der Waals surface area contributed by atoms with Gasteiger partial charge in [0.2, 0.25) is 5.60 Å². The number of para-hydroxylation sites is 1. The lowest BCUT2D eigenvalue weighted by Gasteiger charge is -2.22. The van der Waals surface area contributed by atoms with E-state index in [2.05, 4.69) is 15.5 Å². The third-order valence-electron chi connectivity index (χ3n) is 4.34. The summed E-state index contributed by atoms with van der Waals surface area (Å²) in [5.74, 6) is -1.84. The van der Waals surface area contributed by atoms with Crippen LogP contribution >= 0.6 is 11.6 Å². The Kier molecular flexibility index (Phi) is 4.12. The summed E-state index contributed by atoms with van der Waals surface area (Å²) in [4.78, 5) is 30.1. The van der Waals surface area contributed by atoms with Crippen molar-refractivity contribution in [3.8, 4) is 0 Å². The Balaban J connectivity index is 1.73. The SMILES string of the molecule is O=C(O)CC1(C(=O)n2nnc3ccccc32)CC(c2ccccc2Cl)=NO1. The molecule has 0 spiro atoms. The number of rotatable bonds is 4. The molecule has 1 aromatic heterocycles. The van der Waals surface area contributed by atoms with Crippen molar-refractivity contribution in [2.75, 3.05) is 0 Å². The predicted molar refractivity (Wildman–Crippen MR) is 96.8 cm³/mol. The van der Waals surface area contributed by atoms with Gasteiger partial charge in [0.05, 0.1) is 17.6 Å². The number of carboxylic acid groups (broad SMARTS) is 1. The number of carbonyl (C=O) groups is 2. The van der Waals surface area contributed by atoms with Gasteiger partial charge >= 0.3 is 5.97 Å². The van der Waals surface area contributed by atoms with Crippen molar-refractivity contribution in [1.82, 2.24) is 15.0 Å². The second kappa shape index (κ2) is 6.48. The summed E-state index contributed by atoms with van der Waals surface area (Å²) in [5.41, 5.74) is 0.238. The summed E-state index contributed by atoms with van der Waals surface area (Å²) < 4.78 is 1.06. The number of benzene rings is 2. The highest BCUT2D eigenvalue weighted by molar-refractivity contribution is 6.34. The van der Waals surface area contributed by atoms with Gasteiger partial charge in [0.25, 0.3) is 5.91 Å². The van der Waals surface area contributed by atoms with Crippen molar-refractivity contribution in [2.45, 2.75) is 18.4 Å². The van der Waals surface area contributed by atoms with Gasteiger partial charge in [-0.15, -0.1) is 5.10 Å². The van der Waals surface area contributed by atoms with Gasteiger partial charge in [0.15, 0.2) is 0 Å². The number of hydrogen-bond acceptors (Lipinski definition) is 6. The zero-order valence-corrected chi connectivity index (χ0v) is 14.6. The molecule has 2 heterocycles. The van der Waals surface area contributed by atoms with Gasteiger partial charge in [-0.25, -0.2) is 0 Å². The molecule has 1 atom stereocenters. The molecule has 8 nitrogen and oxygen atoms in total. The van der Waals surface area contributed by atoms with Crippen molar-refractivity contribution in [2.24, 2.45) is 5.16 Å². The molecular weight excluding hydrogens is 372 g/mol. The number of carboxylic acids is 1. The number of carbonyl (C=O) groups excluding carboxylic acids is 1.